The summed E-state index contributed by atoms with van der Waals surface area (Å²) in [5.74, 6) is 0. The van der Waals surface area contributed by atoms with Crippen LogP contribution in [-0.4, -0.2) is 37.8 Å². The second kappa shape index (κ2) is 5.10. The van der Waals surface area contributed by atoms with Crippen LogP contribution >= 0.6 is 0 Å². The van der Waals surface area contributed by atoms with E-state index in [9.17, 15) is 14.9 Å². The Morgan fingerprint density at radius 2 is 2.25 bits per heavy atom. The molecule has 8 heteroatoms. The first-order valence-electron chi connectivity index (χ1n) is 6.46. The minimum absolute atomic E-state index is 0.0824. The van der Waals surface area contributed by atoms with Crippen LogP contribution in [0.2, 0.25) is 0 Å². The highest BCUT2D eigenvalue weighted by Crippen LogP contribution is 2.29. The van der Waals surface area contributed by atoms with Crippen LogP contribution in [0.25, 0.3) is 0 Å². The molecular weight excluding hydrogens is 264 g/mol. The maximum Gasteiger partial charge on any atom is 0.411 e. The summed E-state index contributed by atoms with van der Waals surface area (Å²) in [5.41, 5.74) is -0.651. The molecule has 20 heavy (non-hydrogen) atoms. The Balaban J connectivity index is 2.14. The van der Waals surface area contributed by atoms with Gasteiger partial charge < -0.3 is 4.74 Å². The van der Waals surface area contributed by atoms with E-state index in [1.165, 1.54) is 17.1 Å². The Hall–Kier alpha value is -2.12. The molecule has 0 spiro atoms. The maximum atomic E-state index is 12.1. The quantitative estimate of drug-likeness (QED) is 0.613. The van der Waals surface area contributed by atoms with E-state index in [1.54, 1.807) is 25.7 Å². The van der Waals surface area contributed by atoms with E-state index in [1.807, 2.05) is 0 Å². The van der Waals surface area contributed by atoms with Crippen molar-refractivity contribution in [3.8, 4) is 0 Å². The molecule has 1 fully saturated rings. The summed E-state index contributed by atoms with van der Waals surface area (Å²) in [4.78, 5) is 23.8. The van der Waals surface area contributed by atoms with Crippen molar-refractivity contribution in [3.63, 3.8) is 0 Å². The first-order chi connectivity index (χ1) is 9.28. The molecule has 0 N–H and O–H groups in total. The Bertz CT molecular complexity index is 520. The fraction of sp³-hybridized carbons (Fsp3) is 0.667. The van der Waals surface area contributed by atoms with Gasteiger partial charge in [0, 0.05) is 6.54 Å². The number of ether oxygens (including phenoxy) is 1. The summed E-state index contributed by atoms with van der Waals surface area (Å²) in [5, 5.41) is 14.7. The predicted octanol–water partition coefficient (Wildman–Crippen LogP) is 2.32. The van der Waals surface area contributed by atoms with Crippen molar-refractivity contribution >= 4 is 11.8 Å². The summed E-state index contributed by atoms with van der Waals surface area (Å²) >= 11 is 0. The van der Waals surface area contributed by atoms with Gasteiger partial charge in [0.05, 0.1) is 4.92 Å². The van der Waals surface area contributed by atoms with Crippen LogP contribution in [0.15, 0.2) is 12.4 Å². The summed E-state index contributed by atoms with van der Waals surface area (Å²) in [6, 6.07) is 0. The van der Waals surface area contributed by atoms with Crippen LogP contribution in [0.4, 0.5) is 10.5 Å². The number of likely N-dealkylation sites (tertiary alicyclic amines) is 1. The third-order valence-corrected chi connectivity index (χ3v) is 2.95. The van der Waals surface area contributed by atoms with Crippen molar-refractivity contribution in [1.29, 1.82) is 0 Å². The van der Waals surface area contributed by atoms with Gasteiger partial charge in [-0.2, -0.15) is 5.10 Å². The topological polar surface area (TPSA) is 90.5 Å². The highest BCUT2D eigenvalue weighted by Gasteiger charge is 2.34. The van der Waals surface area contributed by atoms with Crippen molar-refractivity contribution in [1.82, 2.24) is 14.7 Å². The van der Waals surface area contributed by atoms with E-state index < -0.39 is 16.6 Å². The maximum absolute atomic E-state index is 12.1. The zero-order valence-electron chi connectivity index (χ0n) is 11.8. The number of amides is 1. The molecule has 8 nitrogen and oxygen atoms in total. The molecule has 1 atom stereocenters. The lowest BCUT2D eigenvalue weighted by molar-refractivity contribution is -0.385. The zero-order chi connectivity index (χ0) is 14.9. The van der Waals surface area contributed by atoms with Gasteiger partial charge in [-0.25, -0.2) is 9.48 Å². The van der Waals surface area contributed by atoms with Gasteiger partial charge in [-0.3, -0.25) is 15.0 Å². The molecule has 0 bridgehead atoms. The Morgan fingerprint density at radius 3 is 2.80 bits per heavy atom. The summed E-state index contributed by atoms with van der Waals surface area (Å²) in [7, 11) is 0. The average Bonchev–Trinajstić information content (AvgIpc) is 2.95. The molecule has 2 rings (SSSR count). The van der Waals surface area contributed by atoms with Gasteiger partial charge in [-0.1, -0.05) is 0 Å². The minimum Gasteiger partial charge on any atom is -0.444 e. The standard InChI is InChI=1S/C12H18N4O4/c1-12(2,3)20-11(17)14-6-4-5-10(14)15-8-9(7-13-15)16(18)19/h7-8,10H,4-6H2,1-3H3. The molecule has 1 aliphatic rings. The lowest BCUT2D eigenvalue weighted by Crippen LogP contribution is -2.38. The summed E-state index contributed by atoms with van der Waals surface area (Å²) in [6.07, 6.45) is 3.31. The molecular formula is C12H18N4O4. The molecule has 1 aromatic rings. The fourth-order valence-electron chi connectivity index (χ4n) is 2.14. The van der Waals surface area contributed by atoms with Crippen molar-refractivity contribution in [2.75, 3.05) is 6.54 Å². The highest BCUT2D eigenvalue weighted by molar-refractivity contribution is 5.68. The van der Waals surface area contributed by atoms with Crippen LogP contribution in [0.3, 0.4) is 0 Å². The third kappa shape index (κ3) is 3.06. The normalized spacial score (nSPS) is 19.1. The molecule has 1 aliphatic heterocycles. The number of aromatic nitrogens is 2. The van der Waals surface area contributed by atoms with E-state index >= 15 is 0 Å². The number of nitro groups is 1. The molecule has 0 aliphatic carbocycles. The van der Waals surface area contributed by atoms with Crippen molar-refractivity contribution < 1.29 is 14.5 Å². The predicted molar refractivity (Wildman–Crippen MR) is 70.1 cm³/mol. The first-order valence-corrected chi connectivity index (χ1v) is 6.46. The number of carbonyl (C=O) groups is 1. The molecule has 2 heterocycles. The van der Waals surface area contributed by atoms with Crippen LogP contribution in [0.5, 0.6) is 0 Å². The largest absolute Gasteiger partial charge is 0.444 e. The molecule has 1 aromatic heterocycles. The van der Waals surface area contributed by atoms with E-state index in [0.717, 1.165) is 6.42 Å². The van der Waals surface area contributed by atoms with Crippen molar-refractivity contribution in [2.45, 2.75) is 45.4 Å². The molecule has 1 unspecified atom stereocenters. The van der Waals surface area contributed by atoms with Gasteiger partial charge in [0.25, 0.3) is 0 Å². The van der Waals surface area contributed by atoms with Crippen LogP contribution in [-0.2, 0) is 4.74 Å². The smallest absolute Gasteiger partial charge is 0.411 e. The molecule has 1 amide bonds. The van der Waals surface area contributed by atoms with Gasteiger partial charge in [0.15, 0.2) is 0 Å². The Morgan fingerprint density at radius 1 is 1.55 bits per heavy atom. The second-order valence-electron chi connectivity index (χ2n) is 5.73. The van der Waals surface area contributed by atoms with Crippen LogP contribution in [0, 0.1) is 10.1 Å². The van der Waals surface area contributed by atoms with Gasteiger partial charge in [0.2, 0.25) is 0 Å². The van der Waals surface area contributed by atoms with Crippen molar-refractivity contribution in [2.24, 2.45) is 0 Å². The fourth-order valence-corrected chi connectivity index (χ4v) is 2.14. The van der Waals surface area contributed by atoms with Gasteiger partial charge in [0.1, 0.15) is 24.2 Å². The minimum atomic E-state index is -0.569. The zero-order valence-corrected chi connectivity index (χ0v) is 11.8. The number of nitrogens with zero attached hydrogens (tertiary/aromatic N) is 4. The number of hydrogen-bond donors (Lipinski definition) is 0. The highest BCUT2D eigenvalue weighted by atomic mass is 16.6. The molecule has 0 aromatic carbocycles. The molecule has 1 saturated heterocycles. The molecule has 0 radical (unpaired) electrons. The Labute approximate surface area is 116 Å². The monoisotopic (exact) mass is 282 g/mol. The van der Waals surface area contributed by atoms with E-state index in [0.29, 0.717) is 13.0 Å². The van der Waals surface area contributed by atoms with E-state index in [-0.39, 0.29) is 11.9 Å². The van der Waals surface area contributed by atoms with Gasteiger partial charge >= 0.3 is 11.8 Å². The average molecular weight is 282 g/mol. The lowest BCUT2D eigenvalue weighted by atomic mass is 10.2. The Kier molecular flexibility index (Phi) is 3.65. The summed E-state index contributed by atoms with van der Waals surface area (Å²) < 4.78 is 6.79. The summed E-state index contributed by atoms with van der Waals surface area (Å²) in [6.45, 7) is 5.96. The molecule has 0 saturated carbocycles. The van der Waals surface area contributed by atoms with E-state index in [4.69, 9.17) is 4.74 Å². The van der Waals surface area contributed by atoms with Gasteiger partial charge in [-0.05, 0) is 33.6 Å². The molecule has 110 valence electrons. The second-order valence-corrected chi connectivity index (χ2v) is 5.73. The number of rotatable bonds is 2. The van der Waals surface area contributed by atoms with Gasteiger partial charge in [-0.15, -0.1) is 0 Å². The number of hydrogen-bond acceptors (Lipinski definition) is 5. The lowest BCUT2D eigenvalue weighted by Gasteiger charge is -2.28. The van der Waals surface area contributed by atoms with Crippen molar-refractivity contribution in [3.05, 3.63) is 22.5 Å². The first kappa shape index (κ1) is 14.3. The van der Waals surface area contributed by atoms with Crippen LogP contribution in [0.1, 0.15) is 39.8 Å². The van der Waals surface area contributed by atoms with E-state index in [2.05, 4.69) is 5.10 Å². The third-order valence-electron chi connectivity index (χ3n) is 2.95. The number of carbonyl (C=O) groups excluding carboxylic acids is 1. The SMILES string of the molecule is CC(C)(C)OC(=O)N1CCCC1n1cc([N+](=O)[O-])cn1. The van der Waals surface area contributed by atoms with Crippen LogP contribution < -0.4 is 0 Å².